The van der Waals surface area contributed by atoms with Gasteiger partial charge in [-0.25, -0.2) is 4.98 Å². The Kier molecular flexibility index (Phi) is 2.88. The van der Waals surface area contributed by atoms with Crippen LogP contribution in [-0.4, -0.2) is 12.0 Å². The molecule has 0 amide bonds. The quantitative estimate of drug-likeness (QED) is 0.867. The summed E-state index contributed by atoms with van der Waals surface area (Å²) in [5.41, 5.74) is 2.20. The lowest BCUT2D eigenvalue weighted by Crippen LogP contribution is -2.04. The molecule has 0 aliphatic heterocycles. The number of nitrogens with one attached hydrogen (secondary N) is 1. The Bertz CT molecular complexity index is 459. The summed E-state index contributed by atoms with van der Waals surface area (Å²) >= 11 is 1.72. The van der Waals surface area contributed by atoms with Gasteiger partial charge < -0.3 is 9.73 Å². The Morgan fingerprint density at radius 3 is 2.87 bits per heavy atom. The van der Waals surface area contributed by atoms with Gasteiger partial charge in [0.25, 0.3) is 0 Å². The highest BCUT2D eigenvalue weighted by Crippen LogP contribution is 2.30. The number of thiazole rings is 1. The average Bonchev–Trinajstić information content (AvgIpc) is 2.75. The topological polar surface area (TPSA) is 38.1 Å². The second kappa shape index (κ2) is 4.16. The Morgan fingerprint density at radius 2 is 2.27 bits per heavy atom. The number of rotatable bonds is 3. The molecule has 4 heteroatoms. The molecule has 2 heterocycles. The summed E-state index contributed by atoms with van der Waals surface area (Å²) < 4.78 is 5.28. The van der Waals surface area contributed by atoms with E-state index in [1.165, 1.54) is 4.88 Å². The van der Waals surface area contributed by atoms with Crippen molar-refractivity contribution in [1.29, 1.82) is 0 Å². The molecule has 15 heavy (non-hydrogen) atoms. The standard InChI is InChI=1S/C11H14N2OS/c1-7-10(6-12-3)15-11(13-7)9-4-5-14-8(9)2/h4-5,12H,6H2,1-3H3. The van der Waals surface area contributed by atoms with Crippen LogP contribution in [0, 0.1) is 13.8 Å². The first-order chi connectivity index (χ1) is 7.22. The normalized spacial score (nSPS) is 10.9. The molecule has 0 spiro atoms. The predicted octanol–water partition coefficient (Wildman–Crippen LogP) is 2.74. The van der Waals surface area contributed by atoms with Gasteiger partial charge in [-0.2, -0.15) is 0 Å². The number of hydrogen-bond acceptors (Lipinski definition) is 4. The number of aromatic nitrogens is 1. The minimum absolute atomic E-state index is 0.875. The average molecular weight is 222 g/mol. The fraction of sp³-hybridized carbons (Fsp3) is 0.364. The molecule has 80 valence electrons. The van der Waals surface area contributed by atoms with Gasteiger partial charge in [0.1, 0.15) is 10.8 Å². The van der Waals surface area contributed by atoms with Gasteiger partial charge in [-0.15, -0.1) is 11.3 Å². The lowest BCUT2D eigenvalue weighted by Gasteiger charge is -1.93. The molecule has 3 nitrogen and oxygen atoms in total. The summed E-state index contributed by atoms with van der Waals surface area (Å²) in [6, 6.07) is 1.97. The van der Waals surface area contributed by atoms with E-state index in [1.807, 2.05) is 27.0 Å². The maximum Gasteiger partial charge on any atom is 0.127 e. The molecular formula is C11H14N2OS. The van der Waals surface area contributed by atoms with Crippen LogP contribution < -0.4 is 5.32 Å². The molecule has 0 unspecified atom stereocenters. The van der Waals surface area contributed by atoms with Crippen molar-refractivity contribution in [3.63, 3.8) is 0 Å². The van der Waals surface area contributed by atoms with E-state index < -0.39 is 0 Å². The van der Waals surface area contributed by atoms with Gasteiger partial charge in [-0.1, -0.05) is 0 Å². The van der Waals surface area contributed by atoms with Gasteiger partial charge >= 0.3 is 0 Å². The van der Waals surface area contributed by atoms with Crippen molar-refractivity contribution in [3.8, 4) is 10.6 Å². The molecule has 0 bridgehead atoms. The van der Waals surface area contributed by atoms with Crippen molar-refractivity contribution < 1.29 is 4.42 Å². The third-order valence-corrected chi connectivity index (χ3v) is 3.51. The maximum absolute atomic E-state index is 5.28. The molecule has 0 aliphatic rings. The van der Waals surface area contributed by atoms with E-state index in [2.05, 4.69) is 10.3 Å². The lowest BCUT2D eigenvalue weighted by molar-refractivity contribution is 0.535. The monoisotopic (exact) mass is 222 g/mol. The Morgan fingerprint density at radius 1 is 1.47 bits per heavy atom. The second-order valence-corrected chi connectivity index (χ2v) is 4.53. The van der Waals surface area contributed by atoms with Gasteiger partial charge in [0, 0.05) is 11.4 Å². The molecule has 0 atom stereocenters. The van der Waals surface area contributed by atoms with Crippen molar-refractivity contribution in [2.24, 2.45) is 0 Å². The summed E-state index contributed by atoms with van der Waals surface area (Å²) in [4.78, 5) is 5.84. The van der Waals surface area contributed by atoms with Gasteiger partial charge in [0.15, 0.2) is 0 Å². The van der Waals surface area contributed by atoms with Crippen molar-refractivity contribution >= 4 is 11.3 Å². The van der Waals surface area contributed by atoms with Crippen LogP contribution in [0.2, 0.25) is 0 Å². The summed E-state index contributed by atoms with van der Waals surface area (Å²) in [6.45, 7) is 4.88. The molecule has 0 radical (unpaired) electrons. The van der Waals surface area contributed by atoms with Crippen LogP contribution >= 0.6 is 11.3 Å². The summed E-state index contributed by atoms with van der Waals surface area (Å²) in [7, 11) is 1.95. The van der Waals surface area contributed by atoms with Crippen molar-refractivity contribution in [2.45, 2.75) is 20.4 Å². The molecule has 2 aromatic heterocycles. The van der Waals surface area contributed by atoms with E-state index in [0.717, 1.165) is 28.6 Å². The van der Waals surface area contributed by atoms with Crippen molar-refractivity contribution in [3.05, 3.63) is 28.7 Å². The van der Waals surface area contributed by atoms with Crippen LogP contribution in [0.1, 0.15) is 16.3 Å². The van der Waals surface area contributed by atoms with E-state index in [-0.39, 0.29) is 0 Å². The molecule has 0 saturated carbocycles. The second-order valence-electron chi connectivity index (χ2n) is 3.45. The highest BCUT2D eigenvalue weighted by atomic mass is 32.1. The van der Waals surface area contributed by atoms with Gasteiger partial charge in [-0.05, 0) is 27.0 Å². The van der Waals surface area contributed by atoms with E-state index in [1.54, 1.807) is 17.6 Å². The van der Waals surface area contributed by atoms with Crippen LogP contribution in [0.5, 0.6) is 0 Å². The zero-order valence-corrected chi connectivity index (χ0v) is 9.94. The maximum atomic E-state index is 5.28. The number of furan rings is 1. The van der Waals surface area contributed by atoms with Crippen LogP contribution in [0.3, 0.4) is 0 Å². The molecule has 0 saturated heterocycles. The molecule has 2 rings (SSSR count). The van der Waals surface area contributed by atoms with Crippen LogP contribution in [0.4, 0.5) is 0 Å². The molecular weight excluding hydrogens is 208 g/mol. The van der Waals surface area contributed by atoms with Crippen LogP contribution in [-0.2, 0) is 6.54 Å². The first kappa shape index (κ1) is 10.4. The molecule has 1 N–H and O–H groups in total. The van der Waals surface area contributed by atoms with Crippen molar-refractivity contribution in [1.82, 2.24) is 10.3 Å². The van der Waals surface area contributed by atoms with E-state index in [9.17, 15) is 0 Å². The smallest absolute Gasteiger partial charge is 0.127 e. The first-order valence-electron chi connectivity index (χ1n) is 4.87. The highest BCUT2D eigenvalue weighted by Gasteiger charge is 2.11. The SMILES string of the molecule is CNCc1sc(-c2ccoc2C)nc1C. The van der Waals surface area contributed by atoms with E-state index in [0.29, 0.717) is 0 Å². The zero-order chi connectivity index (χ0) is 10.8. The predicted molar refractivity (Wildman–Crippen MR) is 62.1 cm³/mol. The van der Waals surface area contributed by atoms with E-state index in [4.69, 9.17) is 4.42 Å². The summed E-state index contributed by atoms with van der Waals surface area (Å²) in [6.07, 6.45) is 1.71. The molecule has 0 aliphatic carbocycles. The Labute approximate surface area is 93.2 Å². The fourth-order valence-electron chi connectivity index (χ4n) is 1.47. The molecule has 0 aromatic carbocycles. The highest BCUT2D eigenvalue weighted by molar-refractivity contribution is 7.15. The lowest BCUT2D eigenvalue weighted by atomic mass is 10.3. The molecule has 0 fully saturated rings. The van der Waals surface area contributed by atoms with Crippen LogP contribution in [0.25, 0.3) is 10.6 Å². The van der Waals surface area contributed by atoms with Gasteiger partial charge in [0.05, 0.1) is 17.5 Å². The number of hydrogen-bond donors (Lipinski definition) is 1. The zero-order valence-electron chi connectivity index (χ0n) is 9.13. The number of aryl methyl sites for hydroxylation is 2. The largest absolute Gasteiger partial charge is 0.469 e. The van der Waals surface area contributed by atoms with Crippen LogP contribution in [0.15, 0.2) is 16.7 Å². The third-order valence-electron chi connectivity index (χ3n) is 2.32. The minimum Gasteiger partial charge on any atom is -0.469 e. The Hall–Kier alpha value is -1.13. The third kappa shape index (κ3) is 1.96. The minimum atomic E-state index is 0.875. The van der Waals surface area contributed by atoms with E-state index >= 15 is 0 Å². The van der Waals surface area contributed by atoms with Gasteiger partial charge in [0.2, 0.25) is 0 Å². The fourth-order valence-corrected chi connectivity index (χ4v) is 2.62. The van der Waals surface area contributed by atoms with Crippen molar-refractivity contribution in [2.75, 3.05) is 7.05 Å². The summed E-state index contributed by atoms with van der Waals surface area (Å²) in [5, 5.41) is 4.19. The number of nitrogens with zero attached hydrogens (tertiary/aromatic N) is 1. The first-order valence-corrected chi connectivity index (χ1v) is 5.69. The summed E-state index contributed by atoms with van der Waals surface area (Å²) in [5.74, 6) is 0.930. The molecule has 2 aromatic rings. The van der Waals surface area contributed by atoms with Gasteiger partial charge in [-0.3, -0.25) is 0 Å². The Balaban J connectivity index is 2.38.